The van der Waals surface area contributed by atoms with Crippen LogP contribution in [0.5, 0.6) is 0 Å². The fraction of sp³-hybridized carbons (Fsp3) is 0.300. The van der Waals surface area contributed by atoms with Gasteiger partial charge in [0, 0.05) is 5.69 Å². The molecule has 4 heteroatoms. The molecule has 24 heavy (non-hydrogen) atoms. The van der Waals surface area contributed by atoms with Crippen LogP contribution in [0.25, 0.3) is 0 Å². The Morgan fingerprint density at radius 1 is 0.875 bits per heavy atom. The van der Waals surface area contributed by atoms with Crippen LogP contribution in [-0.2, 0) is 15.0 Å². The summed E-state index contributed by atoms with van der Waals surface area (Å²) in [5.74, 6) is -1.31. The van der Waals surface area contributed by atoms with E-state index in [0.717, 1.165) is 5.56 Å². The molecule has 2 rings (SSSR count). The molecule has 0 aromatic heterocycles. The van der Waals surface area contributed by atoms with Crippen LogP contribution in [-0.4, -0.2) is 11.8 Å². The van der Waals surface area contributed by atoms with Crippen LogP contribution >= 0.6 is 0 Å². The third kappa shape index (κ3) is 4.69. The summed E-state index contributed by atoms with van der Waals surface area (Å²) < 4.78 is 0. The number of anilines is 1. The van der Waals surface area contributed by atoms with Crippen molar-refractivity contribution in [2.45, 2.75) is 39.2 Å². The fourth-order valence-electron chi connectivity index (χ4n) is 2.33. The Morgan fingerprint density at radius 3 is 2.00 bits per heavy atom. The topological polar surface area (TPSA) is 58.2 Å². The van der Waals surface area contributed by atoms with Crippen LogP contribution in [0.4, 0.5) is 5.69 Å². The zero-order valence-corrected chi connectivity index (χ0v) is 14.6. The highest BCUT2D eigenvalue weighted by atomic mass is 16.2. The van der Waals surface area contributed by atoms with Crippen molar-refractivity contribution >= 4 is 17.5 Å². The Morgan fingerprint density at radius 2 is 1.46 bits per heavy atom. The minimum atomic E-state index is -0.665. The van der Waals surface area contributed by atoms with Crippen LogP contribution in [0.2, 0.25) is 0 Å². The van der Waals surface area contributed by atoms with E-state index in [1.807, 2.05) is 61.5 Å². The number of benzene rings is 2. The highest BCUT2D eigenvalue weighted by Gasteiger charge is 2.18. The molecule has 2 aromatic rings. The molecule has 0 radical (unpaired) electrons. The highest BCUT2D eigenvalue weighted by Crippen LogP contribution is 2.23. The van der Waals surface area contributed by atoms with Gasteiger partial charge in [0.25, 0.3) is 0 Å². The van der Waals surface area contributed by atoms with Gasteiger partial charge in [-0.2, -0.15) is 0 Å². The maximum absolute atomic E-state index is 12.0. The van der Waals surface area contributed by atoms with Gasteiger partial charge >= 0.3 is 11.8 Å². The molecule has 0 heterocycles. The van der Waals surface area contributed by atoms with Crippen molar-refractivity contribution in [2.75, 3.05) is 5.32 Å². The van der Waals surface area contributed by atoms with Gasteiger partial charge in [-0.15, -0.1) is 0 Å². The van der Waals surface area contributed by atoms with Gasteiger partial charge in [0.2, 0.25) is 0 Å². The molecule has 0 bridgehead atoms. The van der Waals surface area contributed by atoms with Gasteiger partial charge in [-0.1, -0.05) is 63.2 Å². The molecular weight excluding hydrogens is 300 g/mol. The fourth-order valence-corrected chi connectivity index (χ4v) is 2.33. The number of nitrogens with one attached hydrogen (secondary N) is 2. The van der Waals surface area contributed by atoms with Crippen LogP contribution in [0, 0.1) is 0 Å². The van der Waals surface area contributed by atoms with E-state index < -0.39 is 11.8 Å². The average molecular weight is 324 g/mol. The van der Waals surface area contributed by atoms with Gasteiger partial charge in [0.05, 0.1) is 6.04 Å². The quantitative estimate of drug-likeness (QED) is 0.844. The number of hydrogen-bond donors (Lipinski definition) is 2. The standard InChI is InChI=1S/C20H24N2O2/c1-14(15-8-6-5-7-9-15)21-18(23)19(24)22-17-12-10-16(11-13-17)20(2,3)4/h5-14H,1-4H3,(H,21,23)(H,22,24)/t14-/m1/s1. The molecule has 2 aromatic carbocycles. The number of carbonyl (C=O) groups is 2. The molecule has 1 atom stereocenters. The Balaban J connectivity index is 1.95. The van der Waals surface area contributed by atoms with Gasteiger partial charge in [0.1, 0.15) is 0 Å². The third-order valence-corrected chi connectivity index (χ3v) is 3.86. The van der Waals surface area contributed by atoms with E-state index in [1.165, 1.54) is 5.56 Å². The molecule has 0 aliphatic rings. The summed E-state index contributed by atoms with van der Waals surface area (Å²) in [6, 6.07) is 16.8. The van der Waals surface area contributed by atoms with E-state index >= 15 is 0 Å². The summed E-state index contributed by atoms with van der Waals surface area (Å²) in [4.78, 5) is 24.1. The van der Waals surface area contributed by atoms with Crippen LogP contribution in [0.1, 0.15) is 44.9 Å². The van der Waals surface area contributed by atoms with E-state index in [-0.39, 0.29) is 11.5 Å². The first-order valence-electron chi connectivity index (χ1n) is 8.04. The summed E-state index contributed by atoms with van der Waals surface area (Å²) in [6.07, 6.45) is 0. The largest absolute Gasteiger partial charge is 0.341 e. The molecule has 0 spiro atoms. The molecule has 2 N–H and O–H groups in total. The summed E-state index contributed by atoms with van der Waals surface area (Å²) >= 11 is 0. The summed E-state index contributed by atoms with van der Waals surface area (Å²) in [5, 5.41) is 5.33. The van der Waals surface area contributed by atoms with Gasteiger partial charge in [-0.3, -0.25) is 9.59 Å². The lowest BCUT2D eigenvalue weighted by Gasteiger charge is -2.19. The van der Waals surface area contributed by atoms with Crippen LogP contribution in [0.15, 0.2) is 54.6 Å². The monoisotopic (exact) mass is 324 g/mol. The van der Waals surface area contributed by atoms with E-state index in [2.05, 4.69) is 31.4 Å². The normalized spacial score (nSPS) is 12.3. The second kappa shape index (κ2) is 7.30. The Hall–Kier alpha value is -2.62. The van der Waals surface area contributed by atoms with Crippen LogP contribution in [0.3, 0.4) is 0 Å². The van der Waals surface area contributed by atoms with Crippen molar-refractivity contribution in [2.24, 2.45) is 0 Å². The third-order valence-electron chi connectivity index (χ3n) is 3.86. The Kier molecular flexibility index (Phi) is 5.39. The van der Waals surface area contributed by atoms with E-state index in [4.69, 9.17) is 0 Å². The van der Waals surface area contributed by atoms with E-state index in [0.29, 0.717) is 5.69 Å². The molecular formula is C20H24N2O2. The minimum Gasteiger partial charge on any atom is -0.341 e. The van der Waals surface area contributed by atoms with Gasteiger partial charge in [-0.25, -0.2) is 0 Å². The summed E-state index contributed by atoms with van der Waals surface area (Å²) in [7, 11) is 0. The first kappa shape index (κ1) is 17.7. The first-order chi connectivity index (χ1) is 11.3. The van der Waals surface area contributed by atoms with Crippen molar-refractivity contribution in [1.82, 2.24) is 5.32 Å². The predicted molar refractivity (Wildman–Crippen MR) is 96.8 cm³/mol. The second-order valence-electron chi connectivity index (χ2n) is 6.89. The second-order valence-corrected chi connectivity index (χ2v) is 6.89. The zero-order chi connectivity index (χ0) is 17.7. The number of amides is 2. The Labute approximate surface area is 143 Å². The van der Waals surface area contributed by atoms with Crippen molar-refractivity contribution in [3.05, 3.63) is 65.7 Å². The molecule has 0 fully saturated rings. The van der Waals surface area contributed by atoms with Crippen molar-refractivity contribution in [1.29, 1.82) is 0 Å². The molecule has 0 unspecified atom stereocenters. The maximum Gasteiger partial charge on any atom is 0.313 e. The Bertz CT molecular complexity index is 701. The molecule has 126 valence electrons. The van der Waals surface area contributed by atoms with Gasteiger partial charge in [0.15, 0.2) is 0 Å². The number of carbonyl (C=O) groups excluding carboxylic acids is 2. The maximum atomic E-state index is 12.0. The lowest BCUT2D eigenvalue weighted by atomic mass is 9.87. The predicted octanol–water partition coefficient (Wildman–Crippen LogP) is 3.80. The number of hydrogen-bond acceptors (Lipinski definition) is 2. The van der Waals surface area contributed by atoms with Crippen molar-refractivity contribution < 1.29 is 9.59 Å². The van der Waals surface area contributed by atoms with E-state index in [1.54, 1.807) is 0 Å². The molecule has 2 amide bonds. The average Bonchev–Trinajstić information content (AvgIpc) is 2.55. The SMILES string of the molecule is C[C@@H](NC(=O)C(=O)Nc1ccc(C(C)(C)C)cc1)c1ccccc1. The first-order valence-corrected chi connectivity index (χ1v) is 8.04. The highest BCUT2D eigenvalue weighted by molar-refractivity contribution is 6.39. The molecule has 0 aliphatic heterocycles. The lowest BCUT2D eigenvalue weighted by molar-refractivity contribution is -0.136. The van der Waals surface area contributed by atoms with Gasteiger partial charge < -0.3 is 10.6 Å². The van der Waals surface area contributed by atoms with E-state index in [9.17, 15) is 9.59 Å². The molecule has 4 nitrogen and oxygen atoms in total. The van der Waals surface area contributed by atoms with Crippen molar-refractivity contribution in [3.63, 3.8) is 0 Å². The lowest BCUT2D eigenvalue weighted by Crippen LogP contribution is -2.36. The molecule has 0 saturated carbocycles. The summed E-state index contributed by atoms with van der Waals surface area (Å²) in [6.45, 7) is 8.22. The van der Waals surface area contributed by atoms with Crippen molar-refractivity contribution in [3.8, 4) is 0 Å². The van der Waals surface area contributed by atoms with Crippen LogP contribution < -0.4 is 10.6 Å². The minimum absolute atomic E-state index is 0.0467. The summed E-state index contributed by atoms with van der Waals surface area (Å²) in [5.41, 5.74) is 2.77. The molecule has 0 saturated heterocycles. The molecule has 0 aliphatic carbocycles. The smallest absolute Gasteiger partial charge is 0.313 e. The number of rotatable bonds is 3. The zero-order valence-electron chi connectivity index (χ0n) is 14.6. The van der Waals surface area contributed by atoms with Gasteiger partial charge in [-0.05, 0) is 35.6 Å².